The van der Waals surface area contributed by atoms with Crippen molar-refractivity contribution in [3.05, 3.63) is 47.3 Å². The number of rotatable bonds is 4. The topological polar surface area (TPSA) is 80.1 Å². The highest BCUT2D eigenvalue weighted by atomic mass is 16.2. The molecule has 1 fully saturated rings. The maximum absolute atomic E-state index is 13.1. The minimum absolute atomic E-state index is 0.0387. The number of hydrogen-bond acceptors (Lipinski definition) is 4. The Balaban J connectivity index is 1.54. The summed E-state index contributed by atoms with van der Waals surface area (Å²) in [4.78, 5) is 36.3. The van der Waals surface area contributed by atoms with Crippen LogP contribution in [0.15, 0.2) is 24.5 Å². The van der Waals surface area contributed by atoms with Crippen LogP contribution in [0.2, 0.25) is 0 Å². The first-order chi connectivity index (χ1) is 13.6. The average Bonchev–Trinajstić information content (AvgIpc) is 3.13. The SMILES string of the molecule is CC1CCN(C(=O)c2nc(C(=O)NCc3ccncc3)c3n2CCCC3)CC1. The van der Waals surface area contributed by atoms with Crippen LogP contribution in [0.5, 0.6) is 0 Å². The Morgan fingerprint density at radius 2 is 1.89 bits per heavy atom. The molecule has 2 aromatic rings. The zero-order valence-corrected chi connectivity index (χ0v) is 16.4. The van der Waals surface area contributed by atoms with Crippen LogP contribution in [0.4, 0.5) is 0 Å². The maximum atomic E-state index is 13.1. The average molecular weight is 381 g/mol. The third-order valence-electron chi connectivity index (χ3n) is 5.80. The van der Waals surface area contributed by atoms with Gasteiger partial charge in [0.25, 0.3) is 11.8 Å². The number of carbonyl (C=O) groups excluding carboxylic acids is 2. The summed E-state index contributed by atoms with van der Waals surface area (Å²) in [6.45, 7) is 4.94. The second-order valence-electron chi connectivity index (χ2n) is 7.85. The molecule has 1 N–H and O–H groups in total. The summed E-state index contributed by atoms with van der Waals surface area (Å²) in [5.41, 5.74) is 2.28. The number of nitrogens with one attached hydrogen (secondary N) is 1. The summed E-state index contributed by atoms with van der Waals surface area (Å²) in [5, 5.41) is 2.94. The molecule has 7 heteroatoms. The van der Waals surface area contributed by atoms with Crippen molar-refractivity contribution in [3.8, 4) is 0 Å². The van der Waals surface area contributed by atoms with Crippen molar-refractivity contribution in [2.75, 3.05) is 13.1 Å². The van der Waals surface area contributed by atoms with E-state index in [-0.39, 0.29) is 11.8 Å². The molecule has 2 aromatic heterocycles. The monoisotopic (exact) mass is 381 g/mol. The van der Waals surface area contributed by atoms with Crippen LogP contribution in [0.1, 0.15) is 65.0 Å². The van der Waals surface area contributed by atoms with Crippen LogP contribution in [0.3, 0.4) is 0 Å². The number of hydrogen-bond donors (Lipinski definition) is 1. The molecule has 0 unspecified atom stereocenters. The second-order valence-corrected chi connectivity index (χ2v) is 7.85. The summed E-state index contributed by atoms with van der Waals surface area (Å²) < 4.78 is 1.98. The summed E-state index contributed by atoms with van der Waals surface area (Å²) in [6, 6.07) is 3.74. The van der Waals surface area contributed by atoms with Gasteiger partial charge in [-0.3, -0.25) is 14.6 Å². The van der Waals surface area contributed by atoms with Crippen molar-refractivity contribution in [1.82, 2.24) is 24.8 Å². The quantitative estimate of drug-likeness (QED) is 0.882. The fraction of sp³-hybridized carbons (Fsp3) is 0.524. The van der Waals surface area contributed by atoms with Crippen LogP contribution < -0.4 is 5.32 Å². The molecule has 0 saturated carbocycles. The Morgan fingerprint density at radius 3 is 2.64 bits per heavy atom. The van der Waals surface area contributed by atoms with Crippen LogP contribution in [-0.2, 0) is 19.5 Å². The van der Waals surface area contributed by atoms with Gasteiger partial charge in [-0.25, -0.2) is 4.98 Å². The molecular formula is C21H27N5O2. The van der Waals surface area contributed by atoms with Crippen molar-refractivity contribution in [1.29, 1.82) is 0 Å². The third kappa shape index (κ3) is 3.79. The predicted octanol–water partition coefficient (Wildman–Crippen LogP) is 2.42. The Hall–Kier alpha value is -2.70. The largest absolute Gasteiger partial charge is 0.347 e. The highest BCUT2D eigenvalue weighted by Gasteiger charge is 2.30. The normalized spacial score (nSPS) is 17.2. The molecule has 4 heterocycles. The number of carbonyl (C=O) groups is 2. The van der Waals surface area contributed by atoms with E-state index in [1.165, 1.54) is 0 Å². The lowest BCUT2D eigenvalue weighted by atomic mass is 9.99. The van der Waals surface area contributed by atoms with Gasteiger partial charge in [-0.05, 0) is 55.7 Å². The molecule has 2 aliphatic rings. The zero-order valence-electron chi connectivity index (χ0n) is 16.4. The lowest BCUT2D eigenvalue weighted by Gasteiger charge is -2.30. The predicted molar refractivity (Wildman–Crippen MR) is 105 cm³/mol. The molecule has 4 rings (SSSR count). The molecule has 2 amide bonds. The highest BCUT2D eigenvalue weighted by molar-refractivity contribution is 5.97. The maximum Gasteiger partial charge on any atom is 0.289 e. The van der Waals surface area contributed by atoms with E-state index >= 15 is 0 Å². The van der Waals surface area contributed by atoms with Gasteiger partial charge < -0.3 is 14.8 Å². The molecule has 1 saturated heterocycles. The van der Waals surface area contributed by atoms with Gasteiger partial charge in [0, 0.05) is 38.6 Å². The first-order valence-corrected chi connectivity index (χ1v) is 10.2. The molecule has 0 spiro atoms. The van der Waals surface area contributed by atoms with Crippen molar-refractivity contribution in [2.24, 2.45) is 5.92 Å². The van der Waals surface area contributed by atoms with E-state index in [1.807, 2.05) is 21.6 Å². The van der Waals surface area contributed by atoms with E-state index in [9.17, 15) is 9.59 Å². The number of nitrogens with zero attached hydrogens (tertiary/aromatic N) is 4. The van der Waals surface area contributed by atoms with Crippen molar-refractivity contribution < 1.29 is 9.59 Å². The van der Waals surface area contributed by atoms with Crippen molar-refractivity contribution >= 4 is 11.8 Å². The van der Waals surface area contributed by atoms with E-state index in [4.69, 9.17) is 0 Å². The van der Waals surface area contributed by atoms with E-state index in [1.54, 1.807) is 12.4 Å². The molecule has 0 aliphatic carbocycles. The van der Waals surface area contributed by atoms with E-state index in [0.717, 1.165) is 63.0 Å². The molecule has 0 atom stereocenters. The van der Waals surface area contributed by atoms with Gasteiger partial charge in [0.15, 0.2) is 5.82 Å². The molecule has 0 bridgehead atoms. The Kier molecular flexibility index (Phi) is 5.41. The van der Waals surface area contributed by atoms with Crippen LogP contribution >= 0.6 is 0 Å². The van der Waals surface area contributed by atoms with Crippen molar-refractivity contribution in [2.45, 2.75) is 52.1 Å². The number of piperidine rings is 1. The molecule has 28 heavy (non-hydrogen) atoms. The Morgan fingerprint density at radius 1 is 1.14 bits per heavy atom. The summed E-state index contributed by atoms with van der Waals surface area (Å²) in [5.74, 6) is 0.836. The number of likely N-dealkylation sites (tertiary alicyclic amines) is 1. The summed E-state index contributed by atoms with van der Waals surface area (Å²) in [7, 11) is 0. The first-order valence-electron chi connectivity index (χ1n) is 10.2. The second kappa shape index (κ2) is 8.12. The minimum atomic E-state index is -0.214. The van der Waals surface area contributed by atoms with Gasteiger partial charge in [0.1, 0.15) is 5.69 Å². The number of aromatic nitrogens is 3. The van der Waals surface area contributed by atoms with Crippen LogP contribution in [-0.4, -0.2) is 44.3 Å². The van der Waals surface area contributed by atoms with Gasteiger partial charge in [-0.2, -0.15) is 0 Å². The standard InChI is InChI=1S/C21H27N5O2/c1-15-7-12-25(13-8-15)21(28)19-24-18(17-4-2-3-11-26(17)19)20(27)23-14-16-5-9-22-10-6-16/h5-6,9-10,15H,2-4,7-8,11-14H2,1H3,(H,23,27). The fourth-order valence-corrected chi connectivity index (χ4v) is 4.01. The Labute approximate surface area is 165 Å². The lowest BCUT2D eigenvalue weighted by Crippen LogP contribution is -2.39. The fourth-order valence-electron chi connectivity index (χ4n) is 4.01. The highest BCUT2D eigenvalue weighted by Crippen LogP contribution is 2.24. The molecule has 7 nitrogen and oxygen atoms in total. The van der Waals surface area contributed by atoms with Gasteiger partial charge in [-0.15, -0.1) is 0 Å². The molecule has 0 radical (unpaired) electrons. The van der Waals surface area contributed by atoms with Gasteiger partial charge in [-0.1, -0.05) is 6.92 Å². The molecular weight excluding hydrogens is 354 g/mol. The minimum Gasteiger partial charge on any atom is -0.347 e. The van der Waals surface area contributed by atoms with Gasteiger partial charge in [0.2, 0.25) is 0 Å². The smallest absolute Gasteiger partial charge is 0.289 e. The Bertz CT molecular complexity index is 853. The van der Waals surface area contributed by atoms with Crippen LogP contribution in [0.25, 0.3) is 0 Å². The summed E-state index contributed by atoms with van der Waals surface area (Å²) >= 11 is 0. The van der Waals surface area contributed by atoms with Crippen LogP contribution in [0, 0.1) is 5.92 Å². The van der Waals surface area contributed by atoms with Gasteiger partial charge >= 0.3 is 0 Å². The van der Waals surface area contributed by atoms with E-state index in [0.29, 0.717) is 24.0 Å². The van der Waals surface area contributed by atoms with Crippen molar-refractivity contribution in [3.63, 3.8) is 0 Å². The van der Waals surface area contributed by atoms with Gasteiger partial charge in [0.05, 0.1) is 5.69 Å². The molecule has 2 aliphatic heterocycles. The lowest BCUT2D eigenvalue weighted by molar-refractivity contribution is 0.0678. The molecule has 0 aromatic carbocycles. The van der Waals surface area contributed by atoms with E-state index in [2.05, 4.69) is 22.2 Å². The number of imidazole rings is 1. The number of amides is 2. The number of fused-ring (bicyclic) bond motifs is 1. The summed E-state index contributed by atoms with van der Waals surface area (Å²) in [6.07, 6.45) is 8.28. The first kappa shape index (κ1) is 18.7. The third-order valence-corrected chi connectivity index (χ3v) is 5.80. The van der Waals surface area contributed by atoms with E-state index < -0.39 is 0 Å². The number of pyridine rings is 1. The zero-order chi connectivity index (χ0) is 19.5. The molecule has 148 valence electrons.